The van der Waals surface area contributed by atoms with Gasteiger partial charge in [0.05, 0.1) is 21.5 Å². The van der Waals surface area contributed by atoms with Gasteiger partial charge in [0.15, 0.2) is 9.84 Å². The van der Waals surface area contributed by atoms with E-state index in [4.69, 9.17) is 11.6 Å². The summed E-state index contributed by atoms with van der Waals surface area (Å²) in [6.45, 7) is 1.62. The van der Waals surface area contributed by atoms with Crippen LogP contribution in [0.25, 0.3) is 0 Å². The fourth-order valence-electron chi connectivity index (χ4n) is 3.64. The van der Waals surface area contributed by atoms with E-state index in [0.717, 1.165) is 6.26 Å². The van der Waals surface area contributed by atoms with E-state index in [1.165, 1.54) is 12.1 Å². The zero-order valence-electron chi connectivity index (χ0n) is 13.3. The van der Waals surface area contributed by atoms with Gasteiger partial charge in [-0.3, -0.25) is 9.79 Å². The van der Waals surface area contributed by atoms with Crippen LogP contribution >= 0.6 is 11.6 Å². The molecule has 0 radical (unpaired) electrons. The number of carbonyl (C=O) groups excluding carboxylic acids is 1. The fraction of sp³-hybridized carbons (Fsp3) is 0.412. The number of hydrogen-bond acceptors (Lipinski definition) is 4. The molecule has 0 aromatic heterocycles. The molecule has 1 saturated carbocycles. The molecule has 0 saturated heterocycles. The Balaban J connectivity index is 2.26. The molecule has 1 aromatic rings. The third-order valence-corrected chi connectivity index (χ3v) is 6.20. The zero-order valence-corrected chi connectivity index (χ0v) is 14.9. The molecule has 1 aliphatic heterocycles. The van der Waals surface area contributed by atoms with Gasteiger partial charge in [-0.25, -0.2) is 12.8 Å². The lowest BCUT2D eigenvalue weighted by atomic mass is 9.73. The van der Waals surface area contributed by atoms with E-state index in [1.807, 2.05) is 0 Å². The first kappa shape index (κ1) is 17.3. The first-order valence-electron chi connectivity index (χ1n) is 7.66. The van der Waals surface area contributed by atoms with Gasteiger partial charge < -0.3 is 0 Å². The molecule has 1 heterocycles. The maximum atomic E-state index is 14.0. The van der Waals surface area contributed by atoms with Gasteiger partial charge >= 0.3 is 0 Å². The predicted molar refractivity (Wildman–Crippen MR) is 91.5 cm³/mol. The van der Waals surface area contributed by atoms with Crippen molar-refractivity contribution in [2.45, 2.75) is 32.1 Å². The van der Waals surface area contributed by atoms with Crippen molar-refractivity contribution in [3.8, 4) is 0 Å². The maximum Gasteiger partial charge on any atom is 0.174 e. The van der Waals surface area contributed by atoms with Crippen LogP contribution < -0.4 is 0 Å². The summed E-state index contributed by atoms with van der Waals surface area (Å²) in [5.74, 6) is -2.07. The van der Waals surface area contributed by atoms with Crippen LogP contribution in [-0.2, 0) is 14.6 Å². The summed E-state index contributed by atoms with van der Waals surface area (Å²) >= 11 is 5.74. The van der Waals surface area contributed by atoms with Crippen LogP contribution in [0.2, 0.25) is 5.02 Å². The van der Waals surface area contributed by atoms with Crippen molar-refractivity contribution in [2.75, 3.05) is 6.26 Å². The largest absolute Gasteiger partial charge is 0.299 e. The van der Waals surface area contributed by atoms with Gasteiger partial charge in [0.2, 0.25) is 0 Å². The number of fused-ring (bicyclic) bond motifs is 1. The van der Waals surface area contributed by atoms with Crippen LogP contribution in [0, 0.1) is 11.7 Å². The summed E-state index contributed by atoms with van der Waals surface area (Å²) in [7, 11) is -3.60. The van der Waals surface area contributed by atoms with Crippen LogP contribution in [0.3, 0.4) is 0 Å². The standard InChI is InChI=1S/C17H17ClFNO3S/c1-9-17(24(2,22)23)15(10-6-7-11(18)12(19)8-10)16-13(20-9)4-3-5-14(16)21/h6-8,15-16H,3-5H2,1-2H3. The van der Waals surface area contributed by atoms with Crippen molar-refractivity contribution in [3.05, 3.63) is 45.2 Å². The second kappa shape index (κ2) is 6.08. The number of aliphatic imine (C=N–C) groups is 1. The van der Waals surface area contributed by atoms with Crippen LogP contribution in [-0.4, -0.2) is 26.2 Å². The smallest absolute Gasteiger partial charge is 0.174 e. The summed E-state index contributed by atoms with van der Waals surface area (Å²) in [5.41, 5.74) is 1.50. The average molecular weight is 370 g/mol. The third kappa shape index (κ3) is 2.93. The molecule has 0 amide bonds. The second-order valence-electron chi connectivity index (χ2n) is 6.27. The fourth-order valence-corrected chi connectivity index (χ4v) is 5.07. The number of carbonyl (C=O) groups is 1. The molecule has 1 fully saturated rings. The van der Waals surface area contributed by atoms with Crippen molar-refractivity contribution in [2.24, 2.45) is 10.9 Å². The molecule has 0 N–H and O–H groups in total. The van der Waals surface area contributed by atoms with Gasteiger partial charge in [0.1, 0.15) is 11.6 Å². The number of allylic oxidation sites excluding steroid dienone is 2. The molecule has 0 spiro atoms. The molecule has 7 heteroatoms. The molecule has 3 rings (SSSR count). The molecule has 2 unspecified atom stereocenters. The number of benzene rings is 1. The lowest BCUT2D eigenvalue weighted by molar-refractivity contribution is -0.121. The third-order valence-electron chi connectivity index (χ3n) is 4.55. The lowest BCUT2D eigenvalue weighted by Gasteiger charge is -2.35. The van der Waals surface area contributed by atoms with Crippen molar-refractivity contribution in [1.29, 1.82) is 0 Å². The number of hydrogen-bond donors (Lipinski definition) is 0. The highest BCUT2D eigenvalue weighted by atomic mass is 35.5. The van der Waals surface area contributed by atoms with Crippen molar-refractivity contribution in [1.82, 2.24) is 0 Å². The van der Waals surface area contributed by atoms with Gasteiger partial charge in [-0.05, 0) is 37.5 Å². The molecule has 4 nitrogen and oxygen atoms in total. The van der Waals surface area contributed by atoms with Gasteiger partial charge in [-0.2, -0.15) is 0 Å². The normalized spacial score (nSPS) is 24.7. The van der Waals surface area contributed by atoms with E-state index in [9.17, 15) is 17.6 Å². The first-order valence-corrected chi connectivity index (χ1v) is 9.93. The minimum absolute atomic E-state index is 0.0416. The predicted octanol–water partition coefficient (Wildman–Crippen LogP) is 3.66. The quantitative estimate of drug-likeness (QED) is 0.799. The summed E-state index contributed by atoms with van der Waals surface area (Å²) in [6.07, 6.45) is 2.83. The maximum absolute atomic E-state index is 14.0. The summed E-state index contributed by atoms with van der Waals surface area (Å²) < 4.78 is 38.7. The summed E-state index contributed by atoms with van der Waals surface area (Å²) in [6, 6.07) is 4.19. The van der Waals surface area contributed by atoms with Crippen LogP contribution in [0.5, 0.6) is 0 Å². The van der Waals surface area contributed by atoms with E-state index < -0.39 is 27.5 Å². The molecule has 0 bridgehead atoms. The monoisotopic (exact) mass is 369 g/mol. The van der Waals surface area contributed by atoms with Crippen molar-refractivity contribution < 1.29 is 17.6 Å². The Hall–Kier alpha value is -1.53. The number of sulfone groups is 1. The molecule has 2 aliphatic rings. The Morgan fingerprint density at radius 3 is 2.58 bits per heavy atom. The summed E-state index contributed by atoms with van der Waals surface area (Å²) in [5, 5.41) is -0.0416. The highest BCUT2D eigenvalue weighted by Gasteiger charge is 2.44. The Morgan fingerprint density at radius 1 is 1.25 bits per heavy atom. The summed E-state index contributed by atoms with van der Waals surface area (Å²) in [4.78, 5) is 17.0. The molecule has 128 valence electrons. The van der Waals surface area contributed by atoms with Crippen molar-refractivity contribution in [3.63, 3.8) is 0 Å². The highest BCUT2D eigenvalue weighted by Crippen LogP contribution is 2.44. The van der Waals surface area contributed by atoms with Gasteiger partial charge in [-0.15, -0.1) is 0 Å². The molecule has 24 heavy (non-hydrogen) atoms. The van der Waals surface area contributed by atoms with E-state index in [-0.39, 0.29) is 15.7 Å². The number of nitrogens with zero attached hydrogens (tertiary/aromatic N) is 1. The van der Waals surface area contributed by atoms with Crippen LogP contribution in [0.15, 0.2) is 33.8 Å². The molecule has 1 aromatic carbocycles. The number of ketones is 1. The minimum atomic E-state index is -3.60. The minimum Gasteiger partial charge on any atom is -0.299 e. The van der Waals surface area contributed by atoms with Gasteiger partial charge in [-0.1, -0.05) is 17.7 Å². The van der Waals surface area contributed by atoms with Gasteiger partial charge in [0, 0.05) is 24.3 Å². The molecule has 1 aliphatic carbocycles. The van der Waals surface area contributed by atoms with E-state index in [0.29, 0.717) is 36.2 Å². The Morgan fingerprint density at radius 2 is 1.96 bits per heavy atom. The molecular weight excluding hydrogens is 353 g/mol. The Labute approximate surface area is 145 Å². The SMILES string of the molecule is CC1=C(S(C)(=O)=O)C(c2ccc(Cl)c(F)c2)C2C(=O)CCCC2=N1. The number of halogens is 2. The second-order valence-corrected chi connectivity index (χ2v) is 8.67. The van der Waals surface area contributed by atoms with Crippen LogP contribution in [0.1, 0.15) is 37.7 Å². The Kier molecular flexibility index (Phi) is 4.38. The number of rotatable bonds is 2. The van der Waals surface area contributed by atoms with Gasteiger partial charge in [0.25, 0.3) is 0 Å². The highest BCUT2D eigenvalue weighted by molar-refractivity contribution is 7.94. The first-order chi connectivity index (χ1) is 11.2. The average Bonchev–Trinajstić information content (AvgIpc) is 2.47. The topological polar surface area (TPSA) is 63.6 Å². The molecular formula is C17H17ClFNO3S. The lowest BCUT2D eigenvalue weighted by Crippen LogP contribution is -2.38. The van der Waals surface area contributed by atoms with E-state index >= 15 is 0 Å². The van der Waals surface area contributed by atoms with Crippen LogP contribution in [0.4, 0.5) is 4.39 Å². The Bertz CT molecular complexity index is 889. The number of Topliss-reactive ketones (excluding diaryl/α,β-unsaturated/α-hetero) is 1. The van der Waals surface area contributed by atoms with Crippen molar-refractivity contribution >= 4 is 32.9 Å². The van der Waals surface area contributed by atoms with E-state index in [1.54, 1.807) is 13.0 Å². The molecule has 2 atom stereocenters. The zero-order chi connectivity index (χ0) is 17.6. The van der Waals surface area contributed by atoms with E-state index in [2.05, 4.69) is 4.99 Å².